The number of benzene rings is 3. The second-order valence-electron chi connectivity index (χ2n) is 8.17. The summed E-state index contributed by atoms with van der Waals surface area (Å²) in [6, 6.07) is 24.7. The fourth-order valence-electron chi connectivity index (χ4n) is 3.32. The molecule has 4 aromatic rings. The van der Waals surface area contributed by atoms with E-state index in [-0.39, 0.29) is 22.8 Å². The number of carbonyl (C=O) groups is 3. The lowest BCUT2D eigenvalue weighted by Crippen LogP contribution is -2.30. The number of carbonyl (C=O) groups excluding carboxylic acids is 3. The second kappa shape index (κ2) is 13.1. The Morgan fingerprint density at radius 3 is 2.18 bits per heavy atom. The standard InChI is InChI=1S/C29H24ClN3O3S2/c1-19(27(34)31-23-9-7-22(30)8-10-23)38-25-13-11-24(12-14-25)32-29(36)26(17-20-15-16-37-18-20)33-28(35)21-5-3-2-4-6-21/h2-19H,1H3,(H,31,34)(H,32,36)(H,33,35)/b26-17-. The predicted molar refractivity (Wildman–Crippen MR) is 157 cm³/mol. The van der Waals surface area contributed by atoms with E-state index >= 15 is 0 Å². The summed E-state index contributed by atoms with van der Waals surface area (Å²) in [6.45, 7) is 1.82. The van der Waals surface area contributed by atoms with E-state index in [4.69, 9.17) is 11.6 Å². The molecule has 3 N–H and O–H groups in total. The third kappa shape index (κ3) is 7.82. The molecule has 1 unspecified atom stereocenters. The lowest BCUT2D eigenvalue weighted by molar-refractivity contribution is -0.115. The van der Waals surface area contributed by atoms with Crippen LogP contribution in [0, 0.1) is 0 Å². The van der Waals surface area contributed by atoms with Crippen LogP contribution in [0.15, 0.2) is 106 Å². The molecule has 0 fully saturated rings. The van der Waals surface area contributed by atoms with Crippen molar-refractivity contribution in [3.8, 4) is 0 Å². The number of thiophene rings is 1. The number of thioether (sulfide) groups is 1. The summed E-state index contributed by atoms with van der Waals surface area (Å²) in [5, 5.41) is 12.5. The van der Waals surface area contributed by atoms with Crippen LogP contribution in [0.3, 0.4) is 0 Å². The van der Waals surface area contributed by atoms with Gasteiger partial charge in [0, 0.05) is 26.9 Å². The highest BCUT2D eigenvalue weighted by Crippen LogP contribution is 2.26. The third-order valence-corrected chi connectivity index (χ3v) is 7.35. The van der Waals surface area contributed by atoms with E-state index in [9.17, 15) is 14.4 Å². The van der Waals surface area contributed by atoms with Gasteiger partial charge in [0.2, 0.25) is 5.91 Å². The average Bonchev–Trinajstić information content (AvgIpc) is 3.44. The predicted octanol–water partition coefficient (Wildman–Crippen LogP) is 6.93. The zero-order chi connectivity index (χ0) is 26.9. The Hall–Kier alpha value is -3.85. The lowest BCUT2D eigenvalue weighted by Gasteiger charge is -2.13. The van der Waals surface area contributed by atoms with Crippen molar-refractivity contribution >= 4 is 69.9 Å². The van der Waals surface area contributed by atoms with Gasteiger partial charge < -0.3 is 16.0 Å². The maximum atomic E-state index is 13.1. The zero-order valence-corrected chi connectivity index (χ0v) is 22.7. The highest BCUT2D eigenvalue weighted by molar-refractivity contribution is 8.00. The number of nitrogens with one attached hydrogen (secondary N) is 3. The minimum Gasteiger partial charge on any atom is -0.325 e. The highest BCUT2D eigenvalue weighted by atomic mass is 35.5. The smallest absolute Gasteiger partial charge is 0.272 e. The van der Waals surface area contributed by atoms with Crippen molar-refractivity contribution in [3.05, 3.63) is 118 Å². The molecule has 3 aromatic carbocycles. The zero-order valence-electron chi connectivity index (χ0n) is 20.3. The minimum atomic E-state index is -0.448. The topological polar surface area (TPSA) is 87.3 Å². The van der Waals surface area contributed by atoms with Gasteiger partial charge in [-0.15, -0.1) is 11.8 Å². The summed E-state index contributed by atoms with van der Waals surface area (Å²) in [6.07, 6.45) is 1.64. The summed E-state index contributed by atoms with van der Waals surface area (Å²) in [5.74, 6) is -0.955. The van der Waals surface area contributed by atoms with E-state index in [1.54, 1.807) is 66.7 Å². The molecule has 6 nitrogen and oxygen atoms in total. The normalized spacial score (nSPS) is 11.9. The van der Waals surface area contributed by atoms with Gasteiger partial charge in [-0.05, 0) is 96.1 Å². The van der Waals surface area contributed by atoms with Crippen LogP contribution in [0.4, 0.5) is 11.4 Å². The highest BCUT2D eigenvalue weighted by Gasteiger charge is 2.17. The van der Waals surface area contributed by atoms with Gasteiger partial charge >= 0.3 is 0 Å². The van der Waals surface area contributed by atoms with Crippen LogP contribution < -0.4 is 16.0 Å². The molecule has 0 spiro atoms. The van der Waals surface area contributed by atoms with Crippen molar-refractivity contribution in [2.24, 2.45) is 0 Å². The Morgan fingerprint density at radius 2 is 1.53 bits per heavy atom. The Labute approximate surface area is 234 Å². The van der Waals surface area contributed by atoms with Crippen molar-refractivity contribution in [3.63, 3.8) is 0 Å². The lowest BCUT2D eigenvalue weighted by atomic mass is 10.2. The molecule has 0 aliphatic rings. The van der Waals surface area contributed by atoms with Crippen LogP contribution in [0.2, 0.25) is 5.02 Å². The molecule has 1 aromatic heterocycles. The maximum absolute atomic E-state index is 13.1. The van der Waals surface area contributed by atoms with Gasteiger partial charge in [-0.2, -0.15) is 11.3 Å². The van der Waals surface area contributed by atoms with E-state index in [0.717, 1.165) is 10.5 Å². The average molecular weight is 562 g/mol. The first-order valence-corrected chi connectivity index (χ1v) is 13.8. The van der Waals surface area contributed by atoms with Gasteiger partial charge in [-0.25, -0.2) is 0 Å². The monoisotopic (exact) mass is 561 g/mol. The van der Waals surface area contributed by atoms with Crippen LogP contribution in [-0.4, -0.2) is 23.0 Å². The first-order chi connectivity index (χ1) is 18.4. The molecular formula is C29H24ClN3O3S2. The summed E-state index contributed by atoms with van der Waals surface area (Å²) < 4.78 is 0. The van der Waals surface area contributed by atoms with Gasteiger partial charge in [0.05, 0.1) is 5.25 Å². The SMILES string of the molecule is CC(Sc1ccc(NC(=O)/C(=C/c2ccsc2)NC(=O)c2ccccc2)cc1)C(=O)Nc1ccc(Cl)cc1. The number of halogens is 1. The van der Waals surface area contributed by atoms with Crippen molar-refractivity contribution in [2.45, 2.75) is 17.1 Å². The van der Waals surface area contributed by atoms with Gasteiger partial charge in [0.25, 0.3) is 11.8 Å². The molecule has 1 atom stereocenters. The largest absolute Gasteiger partial charge is 0.325 e. The molecule has 9 heteroatoms. The molecule has 3 amide bonds. The first-order valence-electron chi connectivity index (χ1n) is 11.6. The summed E-state index contributed by atoms with van der Waals surface area (Å²) in [4.78, 5) is 39.2. The molecule has 0 aliphatic heterocycles. The third-order valence-electron chi connectivity index (χ3n) is 5.29. The molecule has 1 heterocycles. The Morgan fingerprint density at radius 1 is 0.868 bits per heavy atom. The second-order valence-corrected chi connectivity index (χ2v) is 10.8. The molecule has 0 bridgehead atoms. The van der Waals surface area contributed by atoms with Gasteiger partial charge in [-0.1, -0.05) is 29.8 Å². The molecule has 0 radical (unpaired) electrons. The number of hydrogen-bond acceptors (Lipinski definition) is 5. The van der Waals surface area contributed by atoms with Gasteiger partial charge in [0.15, 0.2) is 0 Å². The van der Waals surface area contributed by atoms with Crippen molar-refractivity contribution in [2.75, 3.05) is 10.6 Å². The number of anilines is 2. The fourth-order valence-corrected chi connectivity index (χ4v) is 4.93. The van der Waals surface area contributed by atoms with Crippen molar-refractivity contribution in [1.82, 2.24) is 5.32 Å². The van der Waals surface area contributed by atoms with Crippen molar-refractivity contribution in [1.29, 1.82) is 0 Å². The molecule has 0 aliphatic carbocycles. The number of rotatable bonds is 9. The Balaban J connectivity index is 1.39. The van der Waals surface area contributed by atoms with Crippen LogP contribution in [-0.2, 0) is 9.59 Å². The molecule has 4 rings (SSSR count). The summed E-state index contributed by atoms with van der Waals surface area (Å²) in [5.41, 5.74) is 2.62. The minimum absolute atomic E-state index is 0.128. The van der Waals surface area contributed by atoms with Crippen LogP contribution in [0.5, 0.6) is 0 Å². The van der Waals surface area contributed by atoms with E-state index in [0.29, 0.717) is 22.0 Å². The molecular weight excluding hydrogens is 538 g/mol. The van der Waals surface area contributed by atoms with Crippen LogP contribution >= 0.6 is 34.7 Å². The van der Waals surface area contributed by atoms with Gasteiger partial charge in [-0.3, -0.25) is 14.4 Å². The van der Waals surface area contributed by atoms with Crippen LogP contribution in [0.1, 0.15) is 22.8 Å². The number of amides is 3. The maximum Gasteiger partial charge on any atom is 0.272 e. The molecule has 38 heavy (non-hydrogen) atoms. The quantitative estimate of drug-likeness (QED) is 0.153. The van der Waals surface area contributed by atoms with E-state index < -0.39 is 5.91 Å². The molecule has 192 valence electrons. The van der Waals surface area contributed by atoms with E-state index in [1.807, 2.05) is 41.9 Å². The van der Waals surface area contributed by atoms with Crippen molar-refractivity contribution < 1.29 is 14.4 Å². The first kappa shape index (κ1) is 27.2. The van der Waals surface area contributed by atoms with Crippen LogP contribution in [0.25, 0.3) is 6.08 Å². The fraction of sp³-hybridized carbons (Fsp3) is 0.0690. The van der Waals surface area contributed by atoms with E-state index in [2.05, 4.69) is 16.0 Å². The van der Waals surface area contributed by atoms with Gasteiger partial charge in [0.1, 0.15) is 5.70 Å². The summed E-state index contributed by atoms with van der Waals surface area (Å²) >= 11 is 8.79. The molecule has 0 saturated carbocycles. The summed E-state index contributed by atoms with van der Waals surface area (Å²) in [7, 11) is 0. The number of hydrogen-bond donors (Lipinski definition) is 3. The Kier molecular flexibility index (Phi) is 9.37. The van der Waals surface area contributed by atoms with E-state index in [1.165, 1.54) is 23.1 Å². The molecule has 0 saturated heterocycles. The Bertz CT molecular complexity index is 1420.